The molecule has 0 saturated heterocycles. The van der Waals surface area contributed by atoms with E-state index in [1.54, 1.807) is 18.2 Å². The number of aliphatic hydroxyl groups is 1. The van der Waals surface area contributed by atoms with Gasteiger partial charge in [0.2, 0.25) is 0 Å². The van der Waals surface area contributed by atoms with Gasteiger partial charge in [-0.1, -0.05) is 40.9 Å². The fraction of sp³-hybridized carbons (Fsp3) is 0.222. The maximum Gasteiger partial charge on any atom is 0.182 e. The third-order valence-electron chi connectivity index (χ3n) is 4.30. The summed E-state index contributed by atoms with van der Waals surface area (Å²) in [6.07, 6.45) is -0.631. The number of fused-ring (bicyclic) bond motifs is 1. The van der Waals surface area contributed by atoms with Crippen molar-refractivity contribution in [3.63, 3.8) is 0 Å². The number of nitrogens with zero attached hydrogens (tertiary/aromatic N) is 1. The van der Waals surface area contributed by atoms with E-state index in [0.29, 0.717) is 38.3 Å². The van der Waals surface area contributed by atoms with E-state index in [-0.39, 0.29) is 0 Å². The maximum atomic E-state index is 9.94. The summed E-state index contributed by atoms with van der Waals surface area (Å²) in [6.45, 7) is 0. The minimum Gasteiger partial charge on any atom is -0.399 e. The van der Waals surface area contributed by atoms with Crippen LogP contribution in [0.25, 0.3) is 10.9 Å². The summed E-state index contributed by atoms with van der Waals surface area (Å²) >= 11 is 19.1. The summed E-state index contributed by atoms with van der Waals surface area (Å²) in [7, 11) is 3.34. The molecule has 25 heavy (non-hydrogen) atoms. The van der Waals surface area contributed by atoms with E-state index in [1.807, 2.05) is 23.7 Å². The highest BCUT2D eigenvalue weighted by molar-refractivity contribution is 6.37. The number of aliphatic hydroxyl groups excluding tert-OH is 1. The predicted octanol–water partition coefficient (Wildman–Crippen LogP) is 4.95. The average molecular weight is 400 g/mol. The normalized spacial score (nSPS) is 12.7. The van der Waals surface area contributed by atoms with Gasteiger partial charge in [0.25, 0.3) is 0 Å². The SMILES string of the molecule is COC(O)c1ccc(Cl)c(Cc2cc3c(Cl)cc(N)cc3n2C)c1Cl. The van der Waals surface area contributed by atoms with Crippen molar-refractivity contribution >= 4 is 51.4 Å². The molecule has 2 aromatic carbocycles. The van der Waals surface area contributed by atoms with E-state index in [1.165, 1.54) is 7.11 Å². The lowest BCUT2D eigenvalue weighted by Crippen LogP contribution is -2.04. The third kappa shape index (κ3) is 3.33. The number of hydrogen-bond acceptors (Lipinski definition) is 3. The Bertz CT molecular complexity index is 953. The molecule has 0 aliphatic heterocycles. The molecule has 0 bridgehead atoms. The first-order valence-electron chi connectivity index (χ1n) is 7.54. The smallest absolute Gasteiger partial charge is 0.182 e. The van der Waals surface area contributed by atoms with Crippen molar-refractivity contribution in [3.05, 3.63) is 62.2 Å². The van der Waals surface area contributed by atoms with Gasteiger partial charge in [-0.2, -0.15) is 0 Å². The van der Waals surface area contributed by atoms with Crippen LogP contribution in [0.1, 0.15) is 23.1 Å². The summed E-state index contributed by atoms with van der Waals surface area (Å²) in [5, 5.41) is 12.4. The summed E-state index contributed by atoms with van der Waals surface area (Å²) in [4.78, 5) is 0. The molecule has 1 aromatic heterocycles. The molecule has 3 aromatic rings. The van der Waals surface area contributed by atoms with Gasteiger partial charge < -0.3 is 20.1 Å². The molecule has 1 unspecified atom stereocenters. The second kappa shape index (κ2) is 7.06. The van der Waals surface area contributed by atoms with Gasteiger partial charge in [-0.3, -0.25) is 0 Å². The van der Waals surface area contributed by atoms with Crippen LogP contribution in [0, 0.1) is 0 Å². The number of nitrogens with two attached hydrogens (primary N) is 1. The van der Waals surface area contributed by atoms with Crippen molar-refractivity contribution in [3.8, 4) is 0 Å². The van der Waals surface area contributed by atoms with E-state index in [4.69, 9.17) is 45.3 Å². The first-order valence-corrected chi connectivity index (χ1v) is 8.67. The molecule has 3 rings (SSSR count). The summed E-state index contributed by atoms with van der Waals surface area (Å²) < 4.78 is 6.96. The fourth-order valence-electron chi connectivity index (χ4n) is 2.91. The van der Waals surface area contributed by atoms with Gasteiger partial charge in [-0.05, 0) is 29.8 Å². The molecule has 7 heteroatoms. The van der Waals surface area contributed by atoms with Crippen LogP contribution in [-0.2, 0) is 18.2 Å². The number of aryl methyl sites for hydroxylation is 1. The molecular formula is C18H17Cl3N2O2. The van der Waals surface area contributed by atoms with Crippen LogP contribution in [0.2, 0.25) is 15.1 Å². The van der Waals surface area contributed by atoms with Gasteiger partial charge >= 0.3 is 0 Å². The zero-order valence-corrected chi connectivity index (χ0v) is 16.0. The number of aromatic nitrogens is 1. The molecule has 1 heterocycles. The van der Waals surface area contributed by atoms with Crippen molar-refractivity contribution in [1.82, 2.24) is 4.57 Å². The Morgan fingerprint density at radius 1 is 1.16 bits per heavy atom. The quantitative estimate of drug-likeness (QED) is 0.482. The standard InChI is InChI=1S/C18H17Cl3N2O2/c1-23-10(7-12-15(20)5-9(22)6-16(12)23)8-13-14(19)4-3-11(17(13)21)18(24)25-2/h3-7,18,24H,8,22H2,1-2H3. The zero-order valence-electron chi connectivity index (χ0n) is 13.7. The highest BCUT2D eigenvalue weighted by Gasteiger charge is 2.18. The Morgan fingerprint density at radius 3 is 2.56 bits per heavy atom. The molecule has 0 spiro atoms. The Labute approximate surface area is 160 Å². The minimum absolute atomic E-state index is 0.387. The van der Waals surface area contributed by atoms with Gasteiger partial charge in [-0.25, -0.2) is 0 Å². The van der Waals surface area contributed by atoms with Crippen LogP contribution >= 0.6 is 34.8 Å². The van der Waals surface area contributed by atoms with Crippen LogP contribution in [0.15, 0.2) is 30.3 Å². The molecule has 0 fully saturated rings. The molecule has 4 nitrogen and oxygen atoms in total. The predicted molar refractivity (Wildman–Crippen MR) is 104 cm³/mol. The van der Waals surface area contributed by atoms with Crippen molar-refractivity contribution in [2.45, 2.75) is 12.7 Å². The van der Waals surface area contributed by atoms with Crippen molar-refractivity contribution in [2.24, 2.45) is 7.05 Å². The Morgan fingerprint density at radius 2 is 1.88 bits per heavy atom. The topological polar surface area (TPSA) is 60.4 Å². The van der Waals surface area contributed by atoms with Gasteiger partial charge in [0.15, 0.2) is 6.29 Å². The van der Waals surface area contributed by atoms with Gasteiger partial charge in [0.05, 0.1) is 15.6 Å². The maximum absolute atomic E-state index is 9.94. The number of anilines is 1. The van der Waals surface area contributed by atoms with Crippen molar-refractivity contribution < 1.29 is 9.84 Å². The molecule has 0 aliphatic carbocycles. The lowest BCUT2D eigenvalue weighted by atomic mass is 10.1. The molecule has 0 saturated carbocycles. The molecular weight excluding hydrogens is 383 g/mol. The number of ether oxygens (including phenoxy) is 1. The van der Waals surface area contributed by atoms with Crippen molar-refractivity contribution in [1.29, 1.82) is 0 Å². The largest absolute Gasteiger partial charge is 0.399 e. The number of hydrogen-bond donors (Lipinski definition) is 2. The van der Waals surface area contributed by atoms with Crippen LogP contribution < -0.4 is 5.73 Å². The summed E-state index contributed by atoms with van der Waals surface area (Å²) in [6, 6.07) is 8.95. The van der Waals surface area contributed by atoms with Crippen molar-refractivity contribution in [2.75, 3.05) is 12.8 Å². The summed E-state index contributed by atoms with van der Waals surface area (Å²) in [5.41, 5.74) is 9.58. The number of halogens is 3. The van der Waals surface area contributed by atoms with Crippen LogP contribution in [0.4, 0.5) is 5.69 Å². The lowest BCUT2D eigenvalue weighted by Gasteiger charge is -2.15. The average Bonchev–Trinajstić information content (AvgIpc) is 2.88. The van der Waals surface area contributed by atoms with E-state index in [2.05, 4.69) is 0 Å². The number of methoxy groups -OCH3 is 1. The molecule has 0 aliphatic rings. The fourth-order valence-corrected chi connectivity index (χ4v) is 3.78. The molecule has 0 amide bonds. The van der Waals surface area contributed by atoms with E-state index in [0.717, 1.165) is 16.6 Å². The Hall–Kier alpha value is -1.43. The number of benzene rings is 2. The first-order chi connectivity index (χ1) is 11.8. The van der Waals surface area contributed by atoms with E-state index in [9.17, 15) is 5.11 Å². The highest BCUT2D eigenvalue weighted by atomic mass is 35.5. The van der Waals surface area contributed by atoms with Crippen LogP contribution in [-0.4, -0.2) is 16.8 Å². The summed E-state index contributed by atoms with van der Waals surface area (Å²) in [5.74, 6) is 0. The minimum atomic E-state index is -1.11. The highest BCUT2D eigenvalue weighted by Crippen LogP contribution is 2.35. The molecule has 3 N–H and O–H groups in total. The van der Waals surface area contributed by atoms with E-state index < -0.39 is 6.29 Å². The van der Waals surface area contributed by atoms with E-state index >= 15 is 0 Å². The zero-order chi connectivity index (χ0) is 18.3. The molecule has 1 atom stereocenters. The van der Waals surface area contributed by atoms with Crippen LogP contribution in [0.5, 0.6) is 0 Å². The van der Waals surface area contributed by atoms with Crippen LogP contribution in [0.3, 0.4) is 0 Å². The molecule has 132 valence electrons. The second-order valence-electron chi connectivity index (χ2n) is 5.82. The number of nitrogen functional groups attached to an aromatic ring is 1. The monoisotopic (exact) mass is 398 g/mol. The Balaban J connectivity index is 2.10. The molecule has 0 radical (unpaired) electrons. The third-order valence-corrected chi connectivity index (χ3v) is 5.41. The first kappa shape index (κ1) is 18.4. The van der Waals surface area contributed by atoms with Gasteiger partial charge in [-0.15, -0.1) is 0 Å². The second-order valence-corrected chi connectivity index (χ2v) is 7.02. The van der Waals surface area contributed by atoms with Gasteiger partial charge in [0, 0.05) is 47.9 Å². The van der Waals surface area contributed by atoms with Gasteiger partial charge in [0.1, 0.15) is 0 Å². The Kier molecular flexibility index (Phi) is 5.19. The lowest BCUT2D eigenvalue weighted by molar-refractivity contribution is -0.0768. The number of rotatable bonds is 4.